The van der Waals surface area contributed by atoms with Crippen molar-refractivity contribution in [3.63, 3.8) is 0 Å². The lowest BCUT2D eigenvalue weighted by Gasteiger charge is -2.22. The molecule has 4 heteroatoms. The van der Waals surface area contributed by atoms with Gasteiger partial charge in [-0.2, -0.15) is 0 Å². The summed E-state index contributed by atoms with van der Waals surface area (Å²) >= 11 is 0. The van der Waals surface area contributed by atoms with Crippen molar-refractivity contribution in [3.8, 4) is 0 Å². The summed E-state index contributed by atoms with van der Waals surface area (Å²) in [5, 5.41) is 22.9. The van der Waals surface area contributed by atoms with Gasteiger partial charge in [0.1, 0.15) is 0 Å². The molecule has 0 bridgehead atoms. The van der Waals surface area contributed by atoms with E-state index in [9.17, 15) is 15.0 Å². The molecule has 0 aliphatic heterocycles. The van der Waals surface area contributed by atoms with E-state index in [1.165, 1.54) is 70.6 Å². The van der Waals surface area contributed by atoms with Gasteiger partial charge in [0.05, 0.1) is 18.8 Å². The zero-order chi connectivity index (χ0) is 29.4. The van der Waals surface area contributed by atoms with Gasteiger partial charge in [0.2, 0.25) is 5.91 Å². The van der Waals surface area contributed by atoms with E-state index in [4.69, 9.17) is 0 Å². The lowest BCUT2D eigenvalue weighted by molar-refractivity contribution is -0.122. The van der Waals surface area contributed by atoms with Crippen molar-refractivity contribution in [1.82, 2.24) is 5.32 Å². The van der Waals surface area contributed by atoms with Crippen LogP contribution in [0.5, 0.6) is 0 Å². The fourth-order valence-electron chi connectivity index (χ4n) is 4.54. The van der Waals surface area contributed by atoms with Crippen molar-refractivity contribution < 1.29 is 15.0 Å². The summed E-state index contributed by atoms with van der Waals surface area (Å²) in [6.45, 7) is 4.17. The Kier molecular flexibility index (Phi) is 30.1. The molecule has 4 nitrogen and oxygen atoms in total. The van der Waals surface area contributed by atoms with E-state index < -0.39 is 12.1 Å². The Morgan fingerprint density at radius 2 is 1.00 bits per heavy atom. The number of allylic oxidation sites excluding steroid dienone is 9. The van der Waals surface area contributed by atoms with Crippen molar-refractivity contribution in [1.29, 1.82) is 0 Å². The van der Waals surface area contributed by atoms with Crippen LogP contribution in [-0.4, -0.2) is 34.9 Å². The molecule has 0 spiro atoms. The summed E-state index contributed by atoms with van der Waals surface area (Å²) < 4.78 is 0. The van der Waals surface area contributed by atoms with Crippen LogP contribution in [-0.2, 0) is 4.79 Å². The molecule has 0 saturated carbocycles. The number of rotatable bonds is 28. The highest BCUT2D eigenvalue weighted by Crippen LogP contribution is 2.14. The molecule has 0 aromatic carbocycles. The topological polar surface area (TPSA) is 69.6 Å². The fourth-order valence-corrected chi connectivity index (χ4v) is 4.54. The second-order valence-electron chi connectivity index (χ2n) is 10.9. The smallest absolute Gasteiger partial charge is 0.224 e. The monoisotopic (exact) mass is 557 g/mol. The van der Waals surface area contributed by atoms with Crippen LogP contribution < -0.4 is 5.32 Å². The lowest BCUT2D eigenvalue weighted by atomic mass is 10.0. The number of aliphatic hydroxyl groups is 2. The van der Waals surface area contributed by atoms with Gasteiger partial charge in [0.25, 0.3) is 0 Å². The molecule has 1 amide bonds. The number of hydrogen-bond acceptors (Lipinski definition) is 3. The minimum absolute atomic E-state index is 0.162. The van der Waals surface area contributed by atoms with Gasteiger partial charge in [0.15, 0.2) is 0 Å². The zero-order valence-electron chi connectivity index (χ0n) is 26.1. The Balaban J connectivity index is 3.79. The predicted octanol–water partition coefficient (Wildman–Crippen LogP) is 9.45. The molecule has 40 heavy (non-hydrogen) atoms. The number of unbranched alkanes of at least 4 members (excludes halogenated alkanes) is 12. The Labute approximate surface area is 247 Å². The molecule has 0 aliphatic carbocycles. The normalized spacial score (nSPS) is 14.0. The number of hydrogen-bond donors (Lipinski definition) is 3. The Morgan fingerprint density at radius 1 is 0.600 bits per heavy atom. The van der Waals surface area contributed by atoms with Crippen LogP contribution in [0.2, 0.25) is 0 Å². The molecule has 230 valence electrons. The number of amides is 1. The van der Waals surface area contributed by atoms with E-state index in [0.717, 1.165) is 44.9 Å². The van der Waals surface area contributed by atoms with Crippen LogP contribution in [0.3, 0.4) is 0 Å². The van der Waals surface area contributed by atoms with Crippen LogP contribution in [0.4, 0.5) is 0 Å². The second kappa shape index (κ2) is 31.6. The number of aliphatic hydroxyl groups excluding tert-OH is 2. The molecule has 2 unspecified atom stereocenters. The van der Waals surface area contributed by atoms with Gasteiger partial charge in [-0.25, -0.2) is 0 Å². The second-order valence-corrected chi connectivity index (χ2v) is 10.9. The molecule has 0 fully saturated rings. The van der Waals surface area contributed by atoms with Crippen molar-refractivity contribution in [2.75, 3.05) is 6.61 Å². The first-order valence-corrected chi connectivity index (χ1v) is 16.5. The fraction of sp³-hybridized carbons (Fsp3) is 0.694. The average molecular weight is 558 g/mol. The Hall–Kier alpha value is -1.91. The van der Waals surface area contributed by atoms with Crippen LogP contribution in [0, 0.1) is 0 Å². The van der Waals surface area contributed by atoms with Gasteiger partial charge in [0, 0.05) is 6.42 Å². The summed E-state index contributed by atoms with van der Waals surface area (Å²) in [6, 6.07) is -0.590. The molecule has 0 heterocycles. The first kappa shape index (κ1) is 38.1. The minimum atomic E-state index is -0.699. The minimum Gasteiger partial charge on any atom is -0.394 e. The van der Waals surface area contributed by atoms with Gasteiger partial charge in [-0.3, -0.25) is 4.79 Å². The number of nitrogens with one attached hydrogen (secondary N) is 1. The molecule has 0 radical (unpaired) electrons. The molecule has 0 aromatic heterocycles. The Bertz CT molecular complexity index is 692. The van der Waals surface area contributed by atoms with E-state index in [-0.39, 0.29) is 18.9 Å². The van der Waals surface area contributed by atoms with E-state index in [1.807, 2.05) is 12.2 Å². The van der Waals surface area contributed by atoms with Crippen LogP contribution >= 0.6 is 0 Å². The maximum absolute atomic E-state index is 12.2. The number of carbonyl (C=O) groups is 1. The van der Waals surface area contributed by atoms with Crippen LogP contribution in [0.25, 0.3) is 0 Å². The average Bonchev–Trinajstić information content (AvgIpc) is 2.96. The van der Waals surface area contributed by atoms with Crippen molar-refractivity contribution >= 4 is 5.91 Å². The highest BCUT2D eigenvalue weighted by molar-refractivity contribution is 5.77. The molecule has 0 rings (SSSR count). The van der Waals surface area contributed by atoms with Crippen LogP contribution in [0.15, 0.2) is 60.8 Å². The van der Waals surface area contributed by atoms with Gasteiger partial charge < -0.3 is 15.5 Å². The lowest BCUT2D eigenvalue weighted by Crippen LogP contribution is -2.45. The summed E-state index contributed by atoms with van der Waals surface area (Å²) in [5.41, 5.74) is 0. The zero-order valence-corrected chi connectivity index (χ0v) is 26.1. The molecule has 2 atom stereocenters. The molecular weight excluding hydrogens is 494 g/mol. The standard InChI is InChI=1S/C36H63NO3/c1-3-5-7-9-11-13-15-17-18-20-22-24-26-28-30-32-36(40)37-34(33-38)35(39)31-29-27-25-23-21-19-16-14-12-10-8-6-4-2/h5,7,11,13,17-18,22,24,28,30,34-35,38-39H,3-4,6,8-10,12,14-16,19-21,23,25-27,29,31-33H2,1-2H3,(H,37,40)/b7-5-,13-11-,18-17-,24-22-,30-28-. The van der Waals surface area contributed by atoms with E-state index >= 15 is 0 Å². The molecule has 0 aromatic rings. The molecule has 3 N–H and O–H groups in total. The maximum Gasteiger partial charge on any atom is 0.224 e. The van der Waals surface area contributed by atoms with E-state index in [2.05, 4.69) is 67.8 Å². The highest BCUT2D eigenvalue weighted by atomic mass is 16.3. The summed E-state index contributed by atoms with van der Waals surface area (Å²) in [4.78, 5) is 12.2. The third-order valence-corrected chi connectivity index (χ3v) is 7.07. The predicted molar refractivity (Wildman–Crippen MR) is 174 cm³/mol. The largest absolute Gasteiger partial charge is 0.394 e. The molecule has 0 aliphatic rings. The first-order valence-electron chi connectivity index (χ1n) is 16.5. The number of carbonyl (C=O) groups excluding carboxylic acids is 1. The summed E-state index contributed by atoms with van der Waals surface area (Å²) in [5.74, 6) is -0.162. The quantitative estimate of drug-likeness (QED) is 0.0663. The Morgan fingerprint density at radius 3 is 1.43 bits per heavy atom. The summed E-state index contributed by atoms with van der Waals surface area (Å²) in [7, 11) is 0. The molecule has 0 saturated heterocycles. The van der Waals surface area contributed by atoms with E-state index in [0.29, 0.717) is 6.42 Å². The van der Waals surface area contributed by atoms with Crippen molar-refractivity contribution in [2.24, 2.45) is 0 Å². The summed E-state index contributed by atoms with van der Waals surface area (Å²) in [6.07, 6.45) is 42.8. The highest BCUT2D eigenvalue weighted by Gasteiger charge is 2.19. The third-order valence-electron chi connectivity index (χ3n) is 7.07. The molecular formula is C36H63NO3. The van der Waals surface area contributed by atoms with Crippen molar-refractivity contribution in [3.05, 3.63) is 60.8 Å². The SMILES string of the molecule is CC/C=C\C/C=C\C/C=C\C/C=C\C/C=C\CC(=O)NC(CO)C(O)CCCCCCCCCCCCCCC. The van der Waals surface area contributed by atoms with E-state index in [1.54, 1.807) is 0 Å². The van der Waals surface area contributed by atoms with Crippen molar-refractivity contribution in [2.45, 2.75) is 154 Å². The first-order chi connectivity index (χ1) is 19.7. The maximum atomic E-state index is 12.2. The van der Waals surface area contributed by atoms with Gasteiger partial charge in [-0.15, -0.1) is 0 Å². The van der Waals surface area contributed by atoms with Crippen LogP contribution in [0.1, 0.15) is 142 Å². The van der Waals surface area contributed by atoms with Gasteiger partial charge in [-0.05, 0) is 38.5 Å². The van der Waals surface area contributed by atoms with Gasteiger partial charge >= 0.3 is 0 Å². The van der Waals surface area contributed by atoms with Gasteiger partial charge in [-0.1, -0.05) is 158 Å². The third kappa shape index (κ3) is 27.6.